The van der Waals surface area contributed by atoms with Gasteiger partial charge in [-0.05, 0) is 36.8 Å². The number of carbonyl (C=O) groups excluding carboxylic acids is 1. The molecule has 2 saturated heterocycles. The van der Waals surface area contributed by atoms with Gasteiger partial charge in [0.15, 0.2) is 0 Å². The number of hydrogen-bond donors (Lipinski definition) is 2. The number of nitrogens with one attached hydrogen (secondary N) is 1. The summed E-state index contributed by atoms with van der Waals surface area (Å²) in [5.41, 5.74) is 2.18. The van der Waals surface area contributed by atoms with Gasteiger partial charge in [-0.15, -0.1) is 0 Å². The van der Waals surface area contributed by atoms with Gasteiger partial charge in [-0.3, -0.25) is 10.1 Å². The first-order chi connectivity index (χ1) is 13.1. The van der Waals surface area contributed by atoms with Crippen molar-refractivity contribution in [1.29, 1.82) is 0 Å². The van der Waals surface area contributed by atoms with Gasteiger partial charge in [0.25, 0.3) is 0 Å². The summed E-state index contributed by atoms with van der Waals surface area (Å²) in [5, 5.41) is 13.1. The molecule has 0 spiro atoms. The Bertz CT molecular complexity index is 809. The summed E-state index contributed by atoms with van der Waals surface area (Å²) < 4.78 is 0. The lowest BCUT2D eigenvalue weighted by atomic mass is 10.0. The van der Waals surface area contributed by atoms with Gasteiger partial charge in [0.05, 0.1) is 12.1 Å². The van der Waals surface area contributed by atoms with E-state index in [2.05, 4.69) is 17.4 Å². The van der Waals surface area contributed by atoms with Crippen LogP contribution in [-0.4, -0.2) is 34.0 Å². The lowest BCUT2D eigenvalue weighted by molar-refractivity contribution is -0.150. The number of carbonyl (C=O) groups is 2. The Labute approximate surface area is 159 Å². The standard InChI is InChI=1S/C22H24N2O3/c25-21(18-12-11-17(23-18)15-7-3-1-4-8-15)24-19(13-14-20(24)22(26)27)16-9-5-2-6-10-16/h1-10,17-20,23H,11-14H2,(H,26,27)/t17?,18-,19?,20?/m0/s1. The van der Waals surface area contributed by atoms with E-state index in [1.807, 2.05) is 48.5 Å². The Morgan fingerprint density at radius 3 is 2.11 bits per heavy atom. The maximum Gasteiger partial charge on any atom is 0.326 e. The molecule has 140 valence electrons. The molecule has 4 atom stereocenters. The average molecular weight is 364 g/mol. The lowest BCUT2D eigenvalue weighted by Gasteiger charge is -2.31. The van der Waals surface area contributed by atoms with Crippen LogP contribution in [0.25, 0.3) is 0 Å². The zero-order valence-corrected chi connectivity index (χ0v) is 15.1. The van der Waals surface area contributed by atoms with Gasteiger partial charge in [-0.2, -0.15) is 0 Å². The summed E-state index contributed by atoms with van der Waals surface area (Å²) >= 11 is 0. The molecule has 1 amide bonds. The fraction of sp³-hybridized carbons (Fsp3) is 0.364. The van der Waals surface area contributed by atoms with E-state index in [4.69, 9.17) is 0 Å². The van der Waals surface area contributed by atoms with E-state index in [0.717, 1.165) is 18.4 Å². The molecule has 2 aromatic rings. The smallest absolute Gasteiger partial charge is 0.326 e. The first-order valence-electron chi connectivity index (χ1n) is 9.56. The minimum Gasteiger partial charge on any atom is -0.480 e. The Kier molecular flexibility index (Phi) is 4.94. The largest absolute Gasteiger partial charge is 0.480 e. The number of likely N-dealkylation sites (tertiary alicyclic amines) is 1. The number of benzene rings is 2. The number of carboxylic acids is 1. The molecule has 0 aromatic heterocycles. The van der Waals surface area contributed by atoms with E-state index in [9.17, 15) is 14.7 Å². The van der Waals surface area contributed by atoms with E-state index in [1.54, 1.807) is 4.90 Å². The highest BCUT2D eigenvalue weighted by atomic mass is 16.4. The molecular formula is C22H24N2O3. The molecule has 2 aromatic carbocycles. The van der Waals surface area contributed by atoms with E-state index >= 15 is 0 Å². The van der Waals surface area contributed by atoms with Crippen LogP contribution in [0, 0.1) is 0 Å². The molecule has 5 heteroatoms. The van der Waals surface area contributed by atoms with Crippen molar-refractivity contribution < 1.29 is 14.7 Å². The Morgan fingerprint density at radius 2 is 1.48 bits per heavy atom. The third-order valence-corrected chi connectivity index (χ3v) is 5.76. The maximum absolute atomic E-state index is 13.3. The summed E-state index contributed by atoms with van der Waals surface area (Å²) in [6.45, 7) is 0. The molecule has 2 N–H and O–H groups in total. The molecule has 27 heavy (non-hydrogen) atoms. The average Bonchev–Trinajstić information content (AvgIpc) is 3.36. The fourth-order valence-electron chi connectivity index (χ4n) is 4.43. The van der Waals surface area contributed by atoms with Crippen LogP contribution in [0.2, 0.25) is 0 Å². The first kappa shape index (κ1) is 17.7. The molecule has 2 fully saturated rings. The molecular weight excluding hydrogens is 340 g/mol. The molecule has 2 aliphatic rings. The Balaban J connectivity index is 1.55. The van der Waals surface area contributed by atoms with Gasteiger partial charge in [0.1, 0.15) is 6.04 Å². The van der Waals surface area contributed by atoms with Crippen LogP contribution < -0.4 is 5.32 Å². The highest BCUT2D eigenvalue weighted by molar-refractivity contribution is 5.88. The van der Waals surface area contributed by atoms with Crippen LogP contribution in [0.3, 0.4) is 0 Å². The number of nitrogens with zero attached hydrogens (tertiary/aromatic N) is 1. The zero-order valence-electron chi connectivity index (χ0n) is 15.1. The fourth-order valence-corrected chi connectivity index (χ4v) is 4.43. The van der Waals surface area contributed by atoms with E-state index in [0.29, 0.717) is 12.8 Å². The summed E-state index contributed by atoms with van der Waals surface area (Å²) in [6.07, 6.45) is 2.78. The van der Waals surface area contributed by atoms with E-state index < -0.39 is 12.0 Å². The van der Waals surface area contributed by atoms with Crippen molar-refractivity contribution in [2.75, 3.05) is 0 Å². The Hall–Kier alpha value is -2.66. The molecule has 0 aliphatic carbocycles. The summed E-state index contributed by atoms with van der Waals surface area (Å²) in [4.78, 5) is 26.7. The molecule has 0 radical (unpaired) electrons. The van der Waals surface area contributed by atoms with Crippen molar-refractivity contribution in [2.45, 2.75) is 49.9 Å². The number of carboxylic acid groups (broad SMARTS) is 1. The van der Waals surface area contributed by atoms with Crippen LogP contribution in [-0.2, 0) is 9.59 Å². The minimum absolute atomic E-state index is 0.0906. The predicted molar refractivity (Wildman–Crippen MR) is 102 cm³/mol. The predicted octanol–water partition coefficient (Wildman–Crippen LogP) is 3.30. The van der Waals surface area contributed by atoms with Crippen LogP contribution >= 0.6 is 0 Å². The molecule has 3 unspecified atom stereocenters. The van der Waals surface area contributed by atoms with E-state index in [1.165, 1.54) is 5.56 Å². The molecule has 2 aliphatic heterocycles. The number of rotatable bonds is 4. The second-order valence-electron chi connectivity index (χ2n) is 7.36. The lowest BCUT2D eigenvalue weighted by Crippen LogP contribution is -2.49. The number of hydrogen-bond acceptors (Lipinski definition) is 3. The van der Waals surface area contributed by atoms with E-state index in [-0.39, 0.29) is 24.0 Å². The maximum atomic E-state index is 13.3. The molecule has 0 saturated carbocycles. The summed E-state index contributed by atoms with van der Waals surface area (Å²) in [7, 11) is 0. The molecule has 5 nitrogen and oxygen atoms in total. The topological polar surface area (TPSA) is 69.6 Å². The van der Waals surface area contributed by atoms with Gasteiger partial charge < -0.3 is 10.0 Å². The van der Waals surface area contributed by atoms with Crippen LogP contribution in [0.4, 0.5) is 0 Å². The van der Waals surface area contributed by atoms with Crippen molar-refractivity contribution >= 4 is 11.9 Å². The number of amides is 1. The Morgan fingerprint density at radius 1 is 0.852 bits per heavy atom. The first-order valence-corrected chi connectivity index (χ1v) is 9.56. The third-order valence-electron chi connectivity index (χ3n) is 5.76. The summed E-state index contributed by atoms with van der Waals surface area (Å²) in [5.74, 6) is -1.01. The third kappa shape index (κ3) is 3.47. The normalized spacial score (nSPS) is 27.6. The zero-order chi connectivity index (χ0) is 18.8. The number of aliphatic carboxylic acids is 1. The van der Waals surface area contributed by atoms with Gasteiger partial charge in [0, 0.05) is 6.04 Å². The van der Waals surface area contributed by atoms with Crippen LogP contribution in [0.15, 0.2) is 60.7 Å². The molecule has 2 heterocycles. The van der Waals surface area contributed by atoms with Gasteiger partial charge in [-0.25, -0.2) is 4.79 Å². The SMILES string of the molecule is O=C(O)C1CCC(c2ccccc2)N1C(=O)[C@@H]1CCC(c2ccccc2)N1. The van der Waals surface area contributed by atoms with Crippen molar-refractivity contribution in [3.8, 4) is 0 Å². The van der Waals surface area contributed by atoms with Crippen molar-refractivity contribution in [2.24, 2.45) is 0 Å². The van der Waals surface area contributed by atoms with Gasteiger partial charge in [0.2, 0.25) is 5.91 Å². The quantitative estimate of drug-likeness (QED) is 0.873. The molecule has 4 rings (SSSR count). The van der Waals surface area contributed by atoms with Gasteiger partial charge in [-0.1, -0.05) is 60.7 Å². The highest BCUT2D eigenvalue weighted by Crippen LogP contribution is 2.38. The van der Waals surface area contributed by atoms with Crippen LogP contribution in [0.1, 0.15) is 48.9 Å². The van der Waals surface area contributed by atoms with Crippen molar-refractivity contribution in [3.05, 3.63) is 71.8 Å². The monoisotopic (exact) mass is 364 g/mol. The second kappa shape index (κ2) is 7.53. The van der Waals surface area contributed by atoms with Gasteiger partial charge >= 0.3 is 5.97 Å². The van der Waals surface area contributed by atoms with Crippen LogP contribution in [0.5, 0.6) is 0 Å². The second-order valence-corrected chi connectivity index (χ2v) is 7.36. The minimum atomic E-state index is -0.917. The van der Waals surface area contributed by atoms with Crippen molar-refractivity contribution in [1.82, 2.24) is 10.2 Å². The molecule has 0 bridgehead atoms. The van der Waals surface area contributed by atoms with Crippen molar-refractivity contribution in [3.63, 3.8) is 0 Å². The summed E-state index contributed by atoms with van der Waals surface area (Å²) in [6, 6.07) is 18.7. The highest BCUT2D eigenvalue weighted by Gasteiger charge is 2.45.